The van der Waals surface area contributed by atoms with E-state index in [4.69, 9.17) is 9.05 Å². The molecule has 6 aromatic rings. The minimum absolute atomic E-state index is 1.12. The molecule has 45 heavy (non-hydrogen) atoms. The first-order chi connectivity index (χ1) is 22.3. The molecule has 1 N–H and O–H groups in total. The molecule has 6 rings (SSSR count). The third-order valence-electron chi connectivity index (χ3n) is 7.79. The molecule has 0 aliphatic carbocycles. The lowest BCUT2D eigenvalue weighted by Crippen LogP contribution is -2.70. The van der Waals surface area contributed by atoms with Crippen molar-refractivity contribution < 1.29 is 9.05 Å². The summed E-state index contributed by atoms with van der Waals surface area (Å²) in [6.45, 7) is 0. The van der Waals surface area contributed by atoms with Crippen LogP contribution in [0.2, 0.25) is 0 Å². The largest absolute Gasteiger partial charge is 0.438 e. The minimum Gasteiger partial charge on any atom is -0.438 e. The van der Waals surface area contributed by atoms with Crippen molar-refractivity contribution in [3.8, 4) is 0 Å². The van der Waals surface area contributed by atoms with Crippen molar-refractivity contribution in [1.29, 1.82) is 0 Å². The van der Waals surface area contributed by atoms with Gasteiger partial charge in [-0.1, -0.05) is 182 Å². The zero-order chi connectivity index (χ0) is 30.6. The highest BCUT2D eigenvalue weighted by molar-refractivity contribution is 7.07. The van der Waals surface area contributed by atoms with E-state index in [-0.39, 0.29) is 0 Å². The van der Waals surface area contributed by atoms with E-state index in [9.17, 15) is 0 Å². The van der Waals surface area contributed by atoms with Crippen molar-refractivity contribution >= 4 is 54.0 Å². The lowest BCUT2D eigenvalue weighted by molar-refractivity contribution is 0.246. The highest BCUT2D eigenvalue weighted by atomic mass is 28.4. The molecule has 0 atom stereocenters. The maximum Gasteiger partial charge on any atom is 0.380 e. The van der Waals surface area contributed by atoms with Crippen molar-refractivity contribution in [2.45, 2.75) is 0 Å². The molecule has 0 saturated heterocycles. The summed E-state index contributed by atoms with van der Waals surface area (Å²) in [6.07, 6.45) is 5.24. The number of benzene rings is 6. The van der Waals surface area contributed by atoms with Gasteiger partial charge >= 0.3 is 16.6 Å². The Morgan fingerprint density at radius 2 is 0.689 bits per heavy atom. The average molecular weight is 619 g/mol. The quantitative estimate of drug-likeness (QED) is 0.0960. The Labute approximate surface area is 267 Å². The van der Waals surface area contributed by atoms with E-state index in [1.54, 1.807) is 18.5 Å². The van der Waals surface area contributed by atoms with E-state index < -0.39 is 16.6 Å². The third-order valence-corrected chi connectivity index (χ3v) is 15.5. The Bertz CT molecular complexity index is 1610. The highest BCUT2D eigenvalue weighted by Crippen LogP contribution is 2.11. The maximum atomic E-state index is 6.75. The first-order valence-corrected chi connectivity index (χ1v) is 18.8. The molecule has 0 bridgehead atoms. The summed E-state index contributed by atoms with van der Waals surface area (Å²) < 4.78 is 13.4. The second-order valence-electron chi connectivity index (χ2n) is 10.5. The van der Waals surface area contributed by atoms with Crippen LogP contribution in [-0.2, 0) is 9.05 Å². The van der Waals surface area contributed by atoms with Crippen LogP contribution in [0.25, 0.3) is 0 Å². The van der Waals surface area contributed by atoms with Gasteiger partial charge in [-0.05, 0) is 37.2 Å². The van der Waals surface area contributed by atoms with E-state index in [1.165, 1.54) is 0 Å². The van der Waals surface area contributed by atoms with E-state index in [0.29, 0.717) is 0 Å². The SMILES string of the molecule is C(=CNO[Si](c1ccccc1)(c1ccccc1)c1ccccc1)C=NO[Si](c1ccccc1)(c1ccccc1)c1ccccc1. The zero-order valence-corrected chi connectivity index (χ0v) is 26.8. The molecular formula is C39H34N2O2Si2. The van der Waals surface area contributed by atoms with Crippen LogP contribution < -0.4 is 36.6 Å². The Kier molecular flexibility index (Phi) is 9.57. The van der Waals surface area contributed by atoms with Gasteiger partial charge in [-0.2, -0.15) is 0 Å². The fraction of sp³-hybridized carbons (Fsp3) is 0. The Morgan fingerprint density at radius 1 is 0.400 bits per heavy atom. The van der Waals surface area contributed by atoms with Crippen LogP contribution in [-0.4, -0.2) is 22.8 Å². The Hall–Kier alpha value is -5.28. The van der Waals surface area contributed by atoms with Gasteiger partial charge in [0.2, 0.25) is 0 Å². The van der Waals surface area contributed by atoms with E-state index in [0.717, 1.165) is 31.1 Å². The number of hydrogen-bond acceptors (Lipinski definition) is 4. The molecular weight excluding hydrogens is 585 g/mol. The fourth-order valence-corrected chi connectivity index (χ4v) is 12.8. The van der Waals surface area contributed by atoms with Gasteiger partial charge in [0.15, 0.2) is 0 Å². The van der Waals surface area contributed by atoms with Crippen molar-refractivity contribution in [2.24, 2.45) is 5.16 Å². The molecule has 0 aromatic heterocycles. The number of nitrogens with zero attached hydrogens (tertiary/aromatic N) is 1. The van der Waals surface area contributed by atoms with Crippen LogP contribution in [0, 0.1) is 0 Å². The zero-order valence-electron chi connectivity index (χ0n) is 24.8. The first-order valence-electron chi connectivity index (χ1n) is 15.0. The van der Waals surface area contributed by atoms with Crippen molar-refractivity contribution in [3.05, 3.63) is 194 Å². The van der Waals surface area contributed by atoms with Crippen molar-refractivity contribution in [1.82, 2.24) is 5.48 Å². The predicted molar refractivity (Wildman–Crippen MR) is 191 cm³/mol. The van der Waals surface area contributed by atoms with Gasteiger partial charge in [0.05, 0.1) is 6.21 Å². The molecule has 0 heterocycles. The van der Waals surface area contributed by atoms with E-state index in [1.807, 2.05) is 36.4 Å². The second-order valence-corrected chi connectivity index (χ2v) is 17.1. The summed E-state index contributed by atoms with van der Waals surface area (Å²) >= 11 is 0. The van der Waals surface area contributed by atoms with Gasteiger partial charge in [-0.25, -0.2) is 0 Å². The molecule has 0 fully saturated rings. The standard InChI is InChI=1S/C39H34N2O2Si2/c1-7-20-34(21-8-1)44(35-22-9-2-10-23-35,36-24-11-3-12-25-36)42-40-32-19-33-41-43-45(37-26-13-4-14-27-37,38-28-15-5-16-29-38)39-30-17-6-18-31-39/h1-33,40H. The van der Waals surface area contributed by atoms with Crippen LogP contribution in [0.1, 0.15) is 0 Å². The summed E-state index contributed by atoms with van der Waals surface area (Å²) in [6, 6.07) is 62.6. The molecule has 0 radical (unpaired) electrons. The third kappa shape index (κ3) is 6.34. The van der Waals surface area contributed by atoms with Gasteiger partial charge in [-0.15, -0.1) is 5.16 Å². The number of oxime groups is 1. The number of nitrogens with one attached hydrogen (secondary N) is 1. The smallest absolute Gasteiger partial charge is 0.380 e. The predicted octanol–water partition coefficient (Wildman–Crippen LogP) is 4.36. The lowest BCUT2D eigenvalue weighted by Gasteiger charge is -2.32. The lowest BCUT2D eigenvalue weighted by atomic mass is 10.3. The molecule has 220 valence electrons. The van der Waals surface area contributed by atoms with Gasteiger partial charge < -0.3 is 9.05 Å². The highest BCUT2D eigenvalue weighted by Gasteiger charge is 2.45. The average Bonchev–Trinajstić information content (AvgIpc) is 3.13. The Balaban J connectivity index is 1.29. The number of allylic oxidation sites excluding steroid dienone is 1. The molecule has 4 nitrogen and oxygen atoms in total. The minimum atomic E-state index is -2.93. The second kappa shape index (κ2) is 14.5. The molecule has 0 saturated carbocycles. The normalized spacial score (nSPS) is 11.9. The molecule has 0 spiro atoms. The van der Waals surface area contributed by atoms with E-state index in [2.05, 4.69) is 156 Å². The van der Waals surface area contributed by atoms with Crippen LogP contribution >= 0.6 is 0 Å². The van der Waals surface area contributed by atoms with Crippen molar-refractivity contribution in [2.75, 3.05) is 0 Å². The maximum absolute atomic E-state index is 6.75. The summed E-state index contributed by atoms with van der Waals surface area (Å²) in [7, 11) is -5.82. The summed E-state index contributed by atoms with van der Waals surface area (Å²) in [5.41, 5.74) is 3.16. The summed E-state index contributed by atoms with van der Waals surface area (Å²) in [5.74, 6) is 0. The molecule has 0 unspecified atom stereocenters. The van der Waals surface area contributed by atoms with Crippen molar-refractivity contribution in [3.63, 3.8) is 0 Å². The summed E-state index contributed by atoms with van der Waals surface area (Å²) in [4.78, 5) is 0. The molecule has 0 aliphatic rings. The Morgan fingerprint density at radius 3 is 1.00 bits per heavy atom. The molecule has 6 aromatic carbocycles. The van der Waals surface area contributed by atoms with Crippen LogP contribution in [0.15, 0.2) is 199 Å². The summed E-state index contributed by atoms with van der Waals surface area (Å²) in [5, 5.41) is 11.3. The van der Waals surface area contributed by atoms with Gasteiger partial charge in [0, 0.05) is 6.20 Å². The molecule has 0 aliphatic heterocycles. The van der Waals surface area contributed by atoms with Crippen LogP contribution in [0.4, 0.5) is 0 Å². The topological polar surface area (TPSA) is 42.8 Å². The number of rotatable bonds is 12. The monoisotopic (exact) mass is 618 g/mol. The van der Waals surface area contributed by atoms with Gasteiger partial charge in [0.25, 0.3) is 0 Å². The van der Waals surface area contributed by atoms with Gasteiger partial charge in [-0.3, -0.25) is 5.48 Å². The fourth-order valence-electron chi connectivity index (χ4n) is 5.72. The number of hydroxylamine groups is 1. The van der Waals surface area contributed by atoms with Crippen LogP contribution in [0.5, 0.6) is 0 Å². The van der Waals surface area contributed by atoms with Crippen LogP contribution in [0.3, 0.4) is 0 Å². The number of hydrogen-bond donors (Lipinski definition) is 1. The van der Waals surface area contributed by atoms with Gasteiger partial charge in [0.1, 0.15) is 0 Å². The first kappa shape index (κ1) is 29.8. The molecule has 0 amide bonds. The molecule has 6 heteroatoms. The van der Waals surface area contributed by atoms with E-state index >= 15 is 0 Å².